The van der Waals surface area contributed by atoms with Crippen LogP contribution in [-0.4, -0.2) is 26.8 Å². The van der Waals surface area contributed by atoms with Gasteiger partial charge in [-0.2, -0.15) is 0 Å². The van der Waals surface area contributed by atoms with Crippen molar-refractivity contribution in [1.29, 1.82) is 0 Å². The molecule has 15 heavy (non-hydrogen) atoms. The van der Waals surface area contributed by atoms with E-state index in [1.54, 1.807) is 13.3 Å². The quantitative estimate of drug-likeness (QED) is 0.769. The highest BCUT2D eigenvalue weighted by Gasteiger charge is 2.17. The molecule has 4 heteroatoms. The Morgan fingerprint density at radius 1 is 1.73 bits per heavy atom. The molecule has 0 radical (unpaired) electrons. The first-order valence-electron chi connectivity index (χ1n) is 5.30. The summed E-state index contributed by atoms with van der Waals surface area (Å²) in [5.74, 6) is 0. The summed E-state index contributed by atoms with van der Waals surface area (Å²) in [4.78, 5) is 4.12. The smallest absolute Gasteiger partial charge is 0.0951 e. The van der Waals surface area contributed by atoms with E-state index in [2.05, 4.69) is 11.1 Å². The molecule has 1 aliphatic rings. The highest BCUT2D eigenvalue weighted by Crippen LogP contribution is 2.26. The van der Waals surface area contributed by atoms with Gasteiger partial charge in [-0.3, -0.25) is 0 Å². The first-order valence-corrected chi connectivity index (χ1v) is 5.30. The summed E-state index contributed by atoms with van der Waals surface area (Å²) in [6.07, 6.45) is 7.26. The van der Waals surface area contributed by atoms with Gasteiger partial charge in [-0.15, -0.1) is 0 Å². The van der Waals surface area contributed by atoms with Gasteiger partial charge in [0.05, 0.1) is 24.3 Å². The SMILES string of the molecule is CC(O)Cn1cncc1C1=CCC(N)C1. The molecule has 0 saturated heterocycles. The summed E-state index contributed by atoms with van der Waals surface area (Å²) >= 11 is 0. The Bertz CT molecular complexity index is 368. The number of hydrogen-bond donors (Lipinski definition) is 2. The highest BCUT2D eigenvalue weighted by atomic mass is 16.3. The first kappa shape index (κ1) is 10.4. The van der Waals surface area contributed by atoms with Gasteiger partial charge in [0.15, 0.2) is 0 Å². The van der Waals surface area contributed by atoms with Crippen molar-refractivity contribution in [2.24, 2.45) is 5.73 Å². The molecular weight excluding hydrogens is 190 g/mol. The van der Waals surface area contributed by atoms with Gasteiger partial charge in [0.25, 0.3) is 0 Å². The van der Waals surface area contributed by atoms with Crippen LogP contribution in [0.15, 0.2) is 18.6 Å². The van der Waals surface area contributed by atoms with Crippen molar-refractivity contribution in [2.75, 3.05) is 0 Å². The van der Waals surface area contributed by atoms with Crippen LogP contribution in [0, 0.1) is 0 Å². The Hall–Kier alpha value is -1.13. The highest BCUT2D eigenvalue weighted by molar-refractivity contribution is 5.65. The molecule has 1 heterocycles. The van der Waals surface area contributed by atoms with E-state index in [9.17, 15) is 5.11 Å². The average Bonchev–Trinajstić information content (AvgIpc) is 2.72. The van der Waals surface area contributed by atoms with E-state index in [-0.39, 0.29) is 12.1 Å². The summed E-state index contributed by atoms with van der Waals surface area (Å²) < 4.78 is 1.98. The standard InChI is InChI=1S/C11H17N3O/c1-8(15)6-14-7-13-5-11(14)9-2-3-10(12)4-9/h2,5,7-8,10,15H,3-4,6,12H2,1H3. The van der Waals surface area contributed by atoms with E-state index in [0.29, 0.717) is 6.54 Å². The molecule has 1 aliphatic carbocycles. The second-order valence-electron chi connectivity index (χ2n) is 4.21. The Morgan fingerprint density at radius 3 is 3.13 bits per heavy atom. The minimum absolute atomic E-state index is 0.245. The molecule has 0 spiro atoms. The predicted molar refractivity (Wildman–Crippen MR) is 59.1 cm³/mol. The van der Waals surface area contributed by atoms with Crippen LogP contribution in [0.1, 0.15) is 25.5 Å². The van der Waals surface area contributed by atoms with Crippen molar-refractivity contribution in [3.05, 3.63) is 24.3 Å². The maximum absolute atomic E-state index is 9.35. The Kier molecular flexibility index (Phi) is 2.88. The second kappa shape index (κ2) is 4.16. The molecule has 3 N–H and O–H groups in total. The fourth-order valence-corrected chi connectivity index (χ4v) is 1.97. The monoisotopic (exact) mass is 207 g/mol. The van der Waals surface area contributed by atoms with Crippen molar-refractivity contribution in [1.82, 2.24) is 9.55 Å². The molecule has 0 bridgehead atoms. The minimum atomic E-state index is -0.353. The number of hydrogen-bond acceptors (Lipinski definition) is 3. The molecule has 0 aromatic carbocycles. The Labute approximate surface area is 89.4 Å². The van der Waals surface area contributed by atoms with E-state index in [4.69, 9.17) is 5.73 Å². The molecule has 0 fully saturated rings. The zero-order valence-corrected chi connectivity index (χ0v) is 8.93. The van der Waals surface area contributed by atoms with Crippen LogP contribution in [0.4, 0.5) is 0 Å². The molecule has 2 rings (SSSR count). The maximum Gasteiger partial charge on any atom is 0.0951 e. The summed E-state index contributed by atoms with van der Waals surface area (Å²) in [6.45, 7) is 2.36. The summed E-state index contributed by atoms with van der Waals surface area (Å²) in [5, 5.41) is 9.35. The normalized spacial score (nSPS) is 22.9. The summed E-state index contributed by atoms with van der Waals surface area (Å²) in [6, 6.07) is 0.245. The summed E-state index contributed by atoms with van der Waals surface area (Å²) in [5.41, 5.74) is 8.19. The van der Waals surface area contributed by atoms with E-state index >= 15 is 0 Å². The second-order valence-corrected chi connectivity index (χ2v) is 4.21. The van der Waals surface area contributed by atoms with Gasteiger partial charge in [0.1, 0.15) is 0 Å². The van der Waals surface area contributed by atoms with E-state index in [1.807, 2.05) is 10.8 Å². The molecule has 4 nitrogen and oxygen atoms in total. The summed E-state index contributed by atoms with van der Waals surface area (Å²) in [7, 11) is 0. The molecule has 1 aromatic rings. The third kappa shape index (κ3) is 2.27. The predicted octanol–water partition coefficient (Wildman–Crippen LogP) is 0.768. The van der Waals surface area contributed by atoms with Crippen molar-refractivity contribution >= 4 is 5.57 Å². The van der Waals surface area contributed by atoms with Crippen LogP contribution in [-0.2, 0) is 6.54 Å². The molecule has 0 aliphatic heterocycles. The van der Waals surface area contributed by atoms with Gasteiger partial charge in [0, 0.05) is 12.6 Å². The number of aliphatic hydroxyl groups is 1. The lowest BCUT2D eigenvalue weighted by Gasteiger charge is -2.11. The third-order valence-corrected chi connectivity index (χ3v) is 2.65. The van der Waals surface area contributed by atoms with Crippen LogP contribution in [0.5, 0.6) is 0 Å². The lowest BCUT2D eigenvalue weighted by Crippen LogP contribution is -2.16. The Balaban J connectivity index is 2.18. The van der Waals surface area contributed by atoms with Crippen LogP contribution in [0.2, 0.25) is 0 Å². The lowest BCUT2D eigenvalue weighted by molar-refractivity contribution is 0.173. The number of rotatable bonds is 3. The van der Waals surface area contributed by atoms with Crippen LogP contribution >= 0.6 is 0 Å². The molecule has 1 aromatic heterocycles. The van der Waals surface area contributed by atoms with Gasteiger partial charge >= 0.3 is 0 Å². The van der Waals surface area contributed by atoms with E-state index < -0.39 is 0 Å². The minimum Gasteiger partial charge on any atom is -0.392 e. The van der Waals surface area contributed by atoms with E-state index in [0.717, 1.165) is 18.5 Å². The van der Waals surface area contributed by atoms with Crippen LogP contribution in [0.25, 0.3) is 5.57 Å². The van der Waals surface area contributed by atoms with Crippen molar-refractivity contribution in [3.63, 3.8) is 0 Å². The maximum atomic E-state index is 9.35. The van der Waals surface area contributed by atoms with Gasteiger partial charge in [-0.25, -0.2) is 4.98 Å². The molecule has 2 unspecified atom stereocenters. The van der Waals surface area contributed by atoms with Crippen LogP contribution in [0.3, 0.4) is 0 Å². The van der Waals surface area contributed by atoms with Gasteiger partial charge in [-0.05, 0) is 25.3 Å². The number of aromatic nitrogens is 2. The number of nitrogens with two attached hydrogens (primary N) is 1. The lowest BCUT2D eigenvalue weighted by atomic mass is 10.1. The van der Waals surface area contributed by atoms with Crippen molar-refractivity contribution in [2.45, 2.75) is 38.5 Å². The van der Waals surface area contributed by atoms with Gasteiger partial charge < -0.3 is 15.4 Å². The van der Waals surface area contributed by atoms with E-state index in [1.165, 1.54) is 5.57 Å². The van der Waals surface area contributed by atoms with Crippen molar-refractivity contribution in [3.8, 4) is 0 Å². The molecule has 82 valence electrons. The number of nitrogens with zero attached hydrogens (tertiary/aromatic N) is 2. The largest absolute Gasteiger partial charge is 0.392 e. The van der Waals surface area contributed by atoms with Gasteiger partial charge in [0.2, 0.25) is 0 Å². The zero-order chi connectivity index (χ0) is 10.8. The fourth-order valence-electron chi connectivity index (χ4n) is 1.97. The Morgan fingerprint density at radius 2 is 2.53 bits per heavy atom. The average molecular weight is 207 g/mol. The zero-order valence-electron chi connectivity index (χ0n) is 8.93. The fraction of sp³-hybridized carbons (Fsp3) is 0.545. The molecule has 2 atom stereocenters. The number of aliphatic hydroxyl groups excluding tert-OH is 1. The topological polar surface area (TPSA) is 64.1 Å². The van der Waals surface area contributed by atoms with Crippen LogP contribution < -0.4 is 5.73 Å². The first-order chi connectivity index (χ1) is 7.16. The van der Waals surface area contributed by atoms with Crippen molar-refractivity contribution < 1.29 is 5.11 Å². The molecule has 0 saturated carbocycles. The third-order valence-electron chi connectivity index (χ3n) is 2.65. The van der Waals surface area contributed by atoms with Gasteiger partial charge in [-0.1, -0.05) is 6.08 Å². The number of imidazole rings is 1. The molecular formula is C11H17N3O. The molecule has 0 amide bonds.